The van der Waals surface area contributed by atoms with Gasteiger partial charge in [0.15, 0.2) is 10.3 Å². The van der Waals surface area contributed by atoms with E-state index in [-0.39, 0.29) is 29.0 Å². The molecule has 0 bridgehead atoms. The normalized spacial score (nSPS) is 19.0. The van der Waals surface area contributed by atoms with Crippen LogP contribution in [0.2, 0.25) is 0 Å². The predicted molar refractivity (Wildman–Crippen MR) is 139 cm³/mol. The Morgan fingerprint density at radius 3 is 2.59 bits per heavy atom. The minimum Gasteiger partial charge on any atom is -0.342 e. The van der Waals surface area contributed by atoms with Gasteiger partial charge < -0.3 is 4.90 Å². The fourth-order valence-electron chi connectivity index (χ4n) is 5.06. The second-order valence-corrected chi connectivity index (χ2v) is 12.4. The van der Waals surface area contributed by atoms with Crippen molar-refractivity contribution >= 4 is 44.1 Å². The lowest BCUT2D eigenvalue weighted by Crippen LogP contribution is -2.41. The van der Waals surface area contributed by atoms with E-state index in [4.69, 9.17) is 0 Å². The van der Waals surface area contributed by atoms with Crippen molar-refractivity contribution in [2.24, 2.45) is 0 Å². The number of rotatable bonds is 5. The SMILES string of the molecule is CC(=O)N1CCC2(C1)CN(C(=O)Nc1ncc(F)s1)c1ccc(S(=O)(=O)N(C)Cc3ccccc3)cc12. The van der Waals surface area contributed by atoms with Gasteiger partial charge in [-0.1, -0.05) is 41.7 Å². The molecule has 1 N–H and O–H groups in total. The number of halogens is 1. The summed E-state index contributed by atoms with van der Waals surface area (Å²) in [4.78, 5) is 32.5. The highest BCUT2D eigenvalue weighted by Gasteiger charge is 2.50. The van der Waals surface area contributed by atoms with Gasteiger partial charge in [-0.3, -0.25) is 15.0 Å². The number of thiazole rings is 1. The summed E-state index contributed by atoms with van der Waals surface area (Å²) >= 11 is 0.720. The molecule has 2 aromatic carbocycles. The largest absolute Gasteiger partial charge is 0.342 e. The Bertz CT molecular complexity index is 1460. The molecule has 194 valence electrons. The Balaban J connectivity index is 1.49. The first kappa shape index (κ1) is 25.3. The van der Waals surface area contributed by atoms with Gasteiger partial charge in [-0.2, -0.15) is 8.70 Å². The molecule has 2 aliphatic rings. The Morgan fingerprint density at radius 1 is 1.19 bits per heavy atom. The summed E-state index contributed by atoms with van der Waals surface area (Å²) in [5.41, 5.74) is 1.51. The number of nitrogens with one attached hydrogen (secondary N) is 1. The number of carbonyl (C=O) groups excluding carboxylic acids is 2. The zero-order valence-electron chi connectivity index (χ0n) is 20.3. The van der Waals surface area contributed by atoms with Crippen molar-refractivity contribution in [2.45, 2.75) is 30.2 Å². The number of carbonyl (C=O) groups is 2. The minimum absolute atomic E-state index is 0.0778. The first-order valence-electron chi connectivity index (χ1n) is 11.7. The number of amides is 3. The summed E-state index contributed by atoms with van der Waals surface area (Å²) in [6.45, 7) is 2.84. The zero-order valence-corrected chi connectivity index (χ0v) is 22.0. The number of likely N-dealkylation sites (tertiary alicyclic amines) is 1. The molecule has 12 heteroatoms. The average molecular weight is 544 g/mol. The van der Waals surface area contributed by atoms with Gasteiger partial charge in [0, 0.05) is 51.3 Å². The molecule has 1 saturated heterocycles. The van der Waals surface area contributed by atoms with Crippen molar-refractivity contribution in [1.29, 1.82) is 0 Å². The number of anilines is 2. The van der Waals surface area contributed by atoms with E-state index in [2.05, 4.69) is 10.3 Å². The molecular formula is C25H26FN5O4S2. The van der Waals surface area contributed by atoms with Crippen molar-refractivity contribution in [3.63, 3.8) is 0 Å². The third kappa shape index (κ3) is 4.72. The van der Waals surface area contributed by atoms with Crippen LogP contribution in [-0.2, 0) is 26.8 Å². The van der Waals surface area contributed by atoms with E-state index < -0.39 is 26.6 Å². The number of benzene rings is 2. The van der Waals surface area contributed by atoms with Crippen molar-refractivity contribution < 1.29 is 22.4 Å². The molecule has 5 rings (SSSR count). The highest BCUT2D eigenvalue weighted by atomic mass is 32.2. The molecule has 2 aliphatic heterocycles. The topological polar surface area (TPSA) is 103 Å². The summed E-state index contributed by atoms with van der Waals surface area (Å²) in [7, 11) is -2.30. The van der Waals surface area contributed by atoms with E-state index in [9.17, 15) is 22.4 Å². The molecule has 1 fully saturated rings. The van der Waals surface area contributed by atoms with Gasteiger partial charge >= 0.3 is 6.03 Å². The molecule has 9 nitrogen and oxygen atoms in total. The van der Waals surface area contributed by atoms with Gasteiger partial charge in [-0.05, 0) is 35.7 Å². The van der Waals surface area contributed by atoms with Gasteiger partial charge in [0.1, 0.15) is 0 Å². The molecule has 3 aromatic rings. The van der Waals surface area contributed by atoms with Gasteiger partial charge in [-0.25, -0.2) is 18.2 Å². The third-order valence-corrected chi connectivity index (χ3v) is 9.48. The van der Waals surface area contributed by atoms with Crippen LogP contribution in [0.5, 0.6) is 0 Å². The predicted octanol–water partition coefficient (Wildman–Crippen LogP) is 3.65. The van der Waals surface area contributed by atoms with E-state index >= 15 is 0 Å². The van der Waals surface area contributed by atoms with Crippen LogP contribution < -0.4 is 10.2 Å². The highest BCUT2D eigenvalue weighted by Crippen LogP contribution is 2.47. The fourth-order valence-corrected chi connectivity index (χ4v) is 6.78. The number of sulfonamides is 1. The lowest BCUT2D eigenvalue weighted by atomic mass is 9.81. The van der Waals surface area contributed by atoms with Crippen molar-refractivity contribution in [3.05, 3.63) is 71.0 Å². The molecule has 0 radical (unpaired) electrons. The van der Waals surface area contributed by atoms with Crippen molar-refractivity contribution in [2.75, 3.05) is 36.9 Å². The van der Waals surface area contributed by atoms with E-state index in [1.807, 2.05) is 30.3 Å². The van der Waals surface area contributed by atoms with Crippen LogP contribution in [0, 0.1) is 5.13 Å². The molecule has 1 spiro atoms. The number of hydrogen-bond donors (Lipinski definition) is 1. The molecule has 1 unspecified atom stereocenters. The molecule has 1 atom stereocenters. The van der Waals surface area contributed by atoms with E-state index in [0.29, 0.717) is 30.8 Å². The second-order valence-electron chi connectivity index (χ2n) is 9.38. The van der Waals surface area contributed by atoms with E-state index in [1.165, 1.54) is 29.2 Å². The Kier molecular flexibility index (Phi) is 6.50. The van der Waals surface area contributed by atoms with Gasteiger partial charge in [0.25, 0.3) is 0 Å². The average Bonchev–Trinajstić information content (AvgIpc) is 3.57. The van der Waals surface area contributed by atoms with Crippen LogP contribution in [0.4, 0.5) is 20.0 Å². The zero-order chi connectivity index (χ0) is 26.4. The van der Waals surface area contributed by atoms with Gasteiger partial charge in [-0.15, -0.1) is 0 Å². The first-order valence-corrected chi connectivity index (χ1v) is 13.9. The first-order chi connectivity index (χ1) is 17.6. The van der Waals surface area contributed by atoms with Crippen molar-refractivity contribution in [3.8, 4) is 0 Å². The Labute approximate surface area is 218 Å². The number of aromatic nitrogens is 1. The number of hydrogen-bond acceptors (Lipinski definition) is 6. The van der Waals surface area contributed by atoms with E-state index in [1.54, 1.807) is 17.0 Å². The van der Waals surface area contributed by atoms with Crippen LogP contribution in [-0.4, -0.2) is 61.2 Å². The number of fused-ring (bicyclic) bond motifs is 2. The molecule has 37 heavy (non-hydrogen) atoms. The maximum Gasteiger partial charge on any atom is 0.328 e. The summed E-state index contributed by atoms with van der Waals surface area (Å²) < 4.78 is 41.7. The Hall–Kier alpha value is -3.35. The van der Waals surface area contributed by atoms with Gasteiger partial charge in [0.05, 0.1) is 11.1 Å². The summed E-state index contributed by atoms with van der Waals surface area (Å²) in [5.74, 6) is -0.0778. The van der Waals surface area contributed by atoms with Crippen LogP contribution in [0.15, 0.2) is 59.6 Å². The minimum atomic E-state index is -3.83. The standard InChI is InChI=1S/C25H26FN5O4S2/c1-17(32)30-11-10-25(15-30)16-31(24(33)28-23-27-13-22(26)36-23)21-9-8-19(12-20(21)25)37(34,35)29(2)14-18-6-4-3-5-7-18/h3-9,12-13H,10-11,14-16H2,1-2H3,(H,27,28,33). The second kappa shape index (κ2) is 9.51. The number of urea groups is 1. The third-order valence-electron chi connectivity index (χ3n) is 6.98. The highest BCUT2D eigenvalue weighted by molar-refractivity contribution is 7.89. The van der Waals surface area contributed by atoms with Crippen molar-refractivity contribution in [1.82, 2.24) is 14.2 Å². The van der Waals surface area contributed by atoms with Gasteiger partial charge in [0.2, 0.25) is 15.9 Å². The number of nitrogens with zero attached hydrogens (tertiary/aromatic N) is 4. The summed E-state index contributed by atoms with van der Waals surface area (Å²) in [6, 6.07) is 13.6. The van der Waals surface area contributed by atoms with Crippen LogP contribution in [0.1, 0.15) is 24.5 Å². The monoisotopic (exact) mass is 543 g/mol. The maximum atomic E-state index is 13.5. The quantitative estimate of drug-likeness (QED) is 0.529. The Morgan fingerprint density at radius 2 is 1.95 bits per heavy atom. The summed E-state index contributed by atoms with van der Waals surface area (Å²) in [6.07, 6.45) is 1.61. The maximum absolute atomic E-state index is 13.5. The van der Waals surface area contributed by atoms with E-state index in [0.717, 1.165) is 23.1 Å². The molecule has 1 aromatic heterocycles. The molecular weight excluding hydrogens is 517 g/mol. The molecule has 3 heterocycles. The fraction of sp³-hybridized carbons (Fsp3) is 0.320. The molecule has 0 aliphatic carbocycles. The van der Waals surface area contributed by atoms with Crippen LogP contribution >= 0.6 is 11.3 Å². The lowest BCUT2D eigenvalue weighted by molar-refractivity contribution is -0.127. The van der Waals surface area contributed by atoms with Crippen LogP contribution in [0.25, 0.3) is 0 Å². The molecule has 0 saturated carbocycles. The summed E-state index contributed by atoms with van der Waals surface area (Å²) in [5, 5.41) is 2.23. The van der Waals surface area contributed by atoms with Crippen LogP contribution in [0.3, 0.4) is 0 Å². The smallest absolute Gasteiger partial charge is 0.328 e. The lowest BCUT2D eigenvalue weighted by Gasteiger charge is -2.25. The molecule has 3 amide bonds.